The summed E-state index contributed by atoms with van der Waals surface area (Å²) in [5.74, 6) is 0.0519. The van der Waals surface area contributed by atoms with Crippen LogP contribution in [0.25, 0.3) is 0 Å². The molecule has 1 atom stereocenters. The molecule has 28 heavy (non-hydrogen) atoms. The van der Waals surface area contributed by atoms with Crippen molar-refractivity contribution in [2.45, 2.75) is 26.3 Å². The fraction of sp³-hybridized carbons (Fsp3) is 0.333. The van der Waals surface area contributed by atoms with Gasteiger partial charge in [0.1, 0.15) is 11.8 Å². The molecule has 7 heteroatoms. The molecule has 2 aromatic carbocycles. The molecular weight excluding hydrogens is 399 g/mol. The molecular formula is C21H24Cl2N2O3. The molecule has 0 fully saturated rings. The second-order valence-electron chi connectivity index (χ2n) is 6.70. The lowest BCUT2D eigenvalue weighted by molar-refractivity contribution is -0.123. The maximum Gasteiger partial charge on any atom is 0.251 e. The molecule has 0 radical (unpaired) electrons. The van der Waals surface area contributed by atoms with Gasteiger partial charge in [-0.15, -0.1) is 0 Å². The standard InChI is InChI=1S/C21H24Cl2N2O3/c1-13(2)19(25-20(26)15-5-8-17(28-3)9-6-15)21(27)24-11-10-14-4-7-16(22)12-18(14)23/h4-9,12-13,19H,10-11H2,1-3H3,(H,24,27)(H,25,26). The van der Waals surface area contributed by atoms with Crippen LogP contribution in [0.2, 0.25) is 10.0 Å². The van der Waals surface area contributed by atoms with E-state index in [0.717, 1.165) is 5.56 Å². The number of hydrogen-bond acceptors (Lipinski definition) is 3. The molecule has 0 spiro atoms. The number of methoxy groups -OCH3 is 1. The van der Waals surface area contributed by atoms with Gasteiger partial charge in [-0.25, -0.2) is 0 Å². The van der Waals surface area contributed by atoms with Crippen molar-refractivity contribution in [2.75, 3.05) is 13.7 Å². The number of carbonyl (C=O) groups excluding carboxylic acids is 2. The van der Waals surface area contributed by atoms with Crippen LogP contribution in [-0.2, 0) is 11.2 Å². The topological polar surface area (TPSA) is 67.4 Å². The number of amides is 2. The van der Waals surface area contributed by atoms with Crippen LogP contribution < -0.4 is 15.4 Å². The average molecular weight is 423 g/mol. The SMILES string of the molecule is COc1ccc(C(=O)NC(C(=O)NCCc2ccc(Cl)cc2Cl)C(C)C)cc1. The second-order valence-corrected chi connectivity index (χ2v) is 7.54. The van der Waals surface area contributed by atoms with E-state index in [4.69, 9.17) is 27.9 Å². The molecule has 2 rings (SSSR count). The molecule has 150 valence electrons. The third kappa shape index (κ3) is 6.14. The lowest BCUT2D eigenvalue weighted by Gasteiger charge is -2.22. The molecule has 0 aromatic heterocycles. The van der Waals surface area contributed by atoms with Gasteiger partial charge in [-0.2, -0.15) is 0 Å². The summed E-state index contributed by atoms with van der Waals surface area (Å²) >= 11 is 12.0. The van der Waals surface area contributed by atoms with E-state index in [9.17, 15) is 9.59 Å². The third-order valence-electron chi connectivity index (χ3n) is 4.30. The van der Waals surface area contributed by atoms with E-state index in [2.05, 4.69) is 10.6 Å². The number of nitrogens with one attached hydrogen (secondary N) is 2. The van der Waals surface area contributed by atoms with E-state index in [1.807, 2.05) is 19.9 Å². The molecule has 0 aliphatic carbocycles. The monoisotopic (exact) mass is 422 g/mol. The van der Waals surface area contributed by atoms with Crippen LogP contribution in [0.5, 0.6) is 5.75 Å². The molecule has 0 saturated heterocycles. The van der Waals surface area contributed by atoms with Crippen molar-refractivity contribution in [1.82, 2.24) is 10.6 Å². The molecule has 2 N–H and O–H groups in total. The van der Waals surface area contributed by atoms with Crippen molar-refractivity contribution in [3.63, 3.8) is 0 Å². The Hall–Kier alpha value is -2.24. The molecule has 2 amide bonds. The van der Waals surface area contributed by atoms with Crippen molar-refractivity contribution < 1.29 is 14.3 Å². The molecule has 5 nitrogen and oxygen atoms in total. The largest absolute Gasteiger partial charge is 0.497 e. The first-order valence-electron chi connectivity index (χ1n) is 8.98. The van der Waals surface area contributed by atoms with Gasteiger partial charge in [0.25, 0.3) is 5.91 Å². The highest BCUT2D eigenvalue weighted by atomic mass is 35.5. The average Bonchev–Trinajstić information content (AvgIpc) is 2.67. The van der Waals surface area contributed by atoms with Crippen LogP contribution in [0.3, 0.4) is 0 Å². The molecule has 0 aliphatic rings. The number of hydrogen-bond donors (Lipinski definition) is 2. The first-order valence-corrected chi connectivity index (χ1v) is 9.74. The van der Waals surface area contributed by atoms with Crippen LogP contribution in [0.1, 0.15) is 29.8 Å². The zero-order chi connectivity index (χ0) is 20.7. The minimum atomic E-state index is -0.643. The lowest BCUT2D eigenvalue weighted by atomic mass is 10.0. The Balaban J connectivity index is 1.94. The highest BCUT2D eigenvalue weighted by molar-refractivity contribution is 6.35. The van der Waals surface area contributed by atoms with Crippen LogP contribution in [-0.4, -0.2) is 31.5 Å². The van der Waals surface area contributed by atoms with Gasteiger partial charge < -0.3 is 15.4 Å². The summed E-state index contributed by atoms with van der Waals surface area (Å²) in [4.78, 5) is 25.1. The summed E-state index contributed by atoms with van der Waals surface area (Å²) < 4.78 is 5.09. The van der Waals surface area contributed by atoms with E-state index in [-0.39, 0.29) is 17.7 Å². The minimum Gasteiger partial charge on any atom is -0.497 e. The lowest BCUT2D eigenvalue weighted by Crippen LogP contribution is -2.50. The van der Waals surface area contributed by atoms with Gasteiger partial charge in [-0.05, 0) is 54.3 Å². The van der Waals surface area contributed by atoms with Gasteiger partial charge in [0.05, 0.1) is 7.11 Å². The van der Waals surface area contributed by atoms with Crippen LogP contribution in [0, 0.1) is 5.92 Å². The molecule has 0 aliphatic heterocycles. The zero-order valence-corrected chi connectivity index (χ0v) is 17.6. The van der Waals surface area contributed by atoms with Gasteiger partial charge in [-0.3, -0.25) is 9.59 Å². The second kappa shape index (κ2) is 10.3. The first kappa shape index (κ1) is 22.1. The van der Waals surface area contributed by atoms with E-state index in [0.29, 0.717) is 34.3 Å². The quantitative estimate of drug-likeness (QED) is 0.672. The van der Waals surface area contributed by atoms with Crippen molar-refractivity contribution in [2.24, 2.45) is 5.92 Å². The number of halogens is 2. The van der Waals surface area contributed by atoms with Crippen LogP contribution >= 0.6 is 23.2 Å². The van der Waals surface area contributed by atoms with Crippen molar-refractivity contribution in [3.05, 3.63) is 63.6 Å². The molecule has 1 unspecified atom stereocenters. The fourth-order valence-electron chi connectivity index (χ4n) is 2.66. The predicted molar refractivity (Wildman–Crippen MR) is 112 cm³/mol. The minimum absolute atomic E-state index is 0.0682. The van der Waals surface area contributed by atoms with Gasteiger partial charge >= 0.3 is 0 Å². The Labute approximate surface area is 175 Å². The van der Waals surface area contributed by atoms with Gasteiger partial charge in [0.15, 0.2) is 0 Å². The molecule has 0 heterocycles. The highest BCUT2D eigenvalue weighted by Crippen LogP contribution is 2.21. The maximum atomic E-state index is 12.6. The van der Waals surface area contributed by atoms with Gasteiger partial charge in [-0.1, -0.05) is 43.1 Å². The normalized spacial score (nSPS) is 11.8. The van der Waals surface area contributed by atoms with E-state index in [1.165, 1.54) is 0 Å². The zero-order valence-electron chi connectivity index (χ0n) is 16.1. The summed E-state index contributed by atoms with van der Waals surface area (Å²) in [6.07, 6.45) is 0.568. The van der Waals surface area contributed by atoms with E-state index >= 15 is 0 Å². The summed E-state index contributed by atoms with van der Waals surface area (Å²) in [5, 5.41) is 6.80. The smallest absolute Gasteiger partial charge is 0.251 e. The van der Waals surface area contributed by atoms with Crippen molar-refractivity contribution in [1.29, 1.82) is 0 Å². The Morgan fingerprint density at radius 1 is 1.07 bits per heavy atom. The van der Waals surface area contributed by atoms with Gasteiger partial charge in [0, 0.05) is 22.2 Å². The van der Waals surface area contributed by atoms with Crippen molar-refractivity contribution >= 4 is 35.0 Å². The van der Waals surface area contributed by atoms with Gasteiger partial charge in [0.2, 0.25) is 5.91 Å². The van der Waals surface area contributed by atoms with Crippen molar-refractivity contribution in [3.8, 4) is 5.75 Å². The van der Waals surface area contributed by atoms with Crippen LogP contribution in [0.4, 0.5) is 0 Å². The number of ether oxygens (including phenoxy) is 1. The maximum absolute atomic E-state index is 12.6. The molecule has 0 saturated carbocycles. The predicted octanol–water partition coefficient (Wildman–Crippen LogP) is 4.12. The Morgan fingerprint density at radius 2 is 1.75 bits per heavy atom. The Kier molecular flexibility index (Phi) is 8.15. The Morgan fingerprint density at radius 3 is 2.32 bits per heavy atom. The summed E-state index contributed by atoms with van der Waals surface area (Å²) in [7, 11) is 1.56. The summed E-state index contributed by atoms with van der Waals surface area (Å²) in [6.45, 7) is 4.17. The van der Waals surface area contributed by atoms with Crippen LogP contribution in [0.15, 0.2) is 42.5 Å². The molecule has 2 aromatic rings. The van der Waals surface area contributed by atoms with E-state index < -0.39 is 6.04 Å². The third-order valence-corrected chi connectivity index (χ3v) is 4.88. The summed E-state index contributed by atoms with van der Waals surface area (Å²) in [6, 6.07) is 11.4. The number of carbonyl (C=O) groups is 2. The summed E-state index contributed by atoms with van der Waals surface area (Å²) in [5.41, 5.74) is 1.36. The van der Waals surface area contributed by atoms with E-state index in [1.54, 1.807) is 43.5 Å². The number of rotatable bonds is 8. The first-order chi connectivity index (χ1) is 13.3. The molecule has 0 bridgehead atoms. The highest BCUT2D eigenvalue weighted by Gasteiger charge is 2.24. The Bertz CT molecular complexity index is 823. The fourth-order valence-corrected chi connectivity index (χ4v) is 3.16. The number of benzene rings is 2.